The Hall–Kier alpha value is -1.15. The van der Waals surface area contributed by atoms with E-state index in [2.05, 4.69) is 26.0 Å². The third-order valence-electron chi connectivity index (χ3n) is 2.68. The fourth-order valence-corrected chi connectivity index (χ4v) is 2.05. The van der Waals surface area contributed by atoms with E-state index in [1.807, 2.05) is 0 Å². The molecule has 0 aliphatic heterocycles. The molecule has 1 atom stereocenters. The van der Waals surface area contributed by atoms with E-state index in [-0.39, 0.29) is 25.4 Å². The van der Waals surface area contributed by atoms with Crippen LogP contribution in [0, 0.1) is 5.82 Å². The first-order chi connectivity index (χ1) is 10.2. The molecule has 0 bridgehead atoms. The lowest BCUT2D eigenvalue weighted by Gasteiger charge is -2.15. The van der Waals surface area contributed by atoms with Crippen LogP contribution >= 0.6 is 15.9 Å². The quantitative estimate of drug-likeness (QED) is 0.728. The summed E-state index contributed by atoms with van der Waals surface area (Å²) in [6.45, 7) is -0.0519. The molecule has 0 radical (unpaired) electrons. The third-order valence-corrected chi connectivity index (χ3v) is 3.17. The molecule has 0 spiro atoms. The lowest BCUT2D eigenvalue weighted by molar-refractivity contribution is -0.175. The first-order valence-corrected chi connectivity index (χ1v) is 7.34. The molecule has 1 aromatic rings. The van der Waals surface area contributed by atoms with Crippen LogP contribution in [0.25, 0.3) is 0 Å². The highest BCUT2D eigenvalue weighted by molar-refractivity contribution is 9.10. The van der Waals surface area contributed by atoms with Crippen molar-refractivity contribution in [2.24, 2.45) is 0 Å². The molecule has 124 valence electrons. The molecule has 1 N–H and O–H groups in total. The van der Waals surface area contributed by atoms with E-state index in [4.69, 9.17) is 0 Å². The van der Waals surface area contributed by atoms with Crippen LogP contribution in [0.4, 0.5) is 17.6 Å². The maximum Gasteiger partial charge on any atom is 0.411 e. The van der Waals surface area contributed by atoms with Crippen LogP contribution in [0.1, 0.15) is 18.9 Å². The second kappa shape index (κ2) is 8.47. The first kappa shape index (κ1) is 18.9. The van der Waals surface area contributed by atoms with Crippen molar-refractivity contribution in [3.8, 4) is 0 Å². The Morgan fingerprint density at radius 2 is 2.09 bits per heavy atom. The Morgan fingerprint density at radius 1 is 1.41 bits per heavy atom. The zero-order chi connectivity index (χ0) is 16.8. The maximum atomic E-state index is 13.6. The number of hydrogen-bond acceptors (Lipinski definition) is 2. The lowest BCUT2D eigenvalue weighted by atomic mass is 10.1. The van der Waals surface area contributed by atoms with E-state index < -0.39 is 24.6 Å². The van der Waals surface area contributed by atoms with Gasteiger partial charge in [0.15, 0.2) is 0 Å². The van der Waals surface area contributed by atoms with Crippen molar-refractivity contribution in [1.29, 1.82) is 0 Å². The largest absolute Gasteiger partial charge is 0.411 e. The molecule has 0 aliphatic rings. The summed E-state index contributed by atoms with van der Waals surface area (Å²) in [6, 6.07) is 4.00. The van der Waals surface area contributed by atoms with Gasteiger partial charge in [-0.15, -0.1) is 0 Å². The highest BCUT2D eigenvalue weighted by Crippen LogP contribution is 2.16. The second-order valence-corrected chi connectivity index (χ2v) is 5.75. The number of nitrogens with one attached hydrogen (secondary N) is 1. The number of hydrogen-bond donors (Lipinski definition) is 1. The maximum absolute atomic E-state index is 13.6. The highest BCUT2D eigenvalue weighted by atomic mass is 79.9. The molecular formula is C14H16BrF4NO2. The van der Waals surface area contributed by atoms with Crippen LogP contribution < -0.4 is 5.32 Å². The van der Waals surface area contributed by atoms with Gasteiger partial charge in [-0.05, 0) is 31.0 Å². The van der Waals surface area contributed by atoms with Gasteiger partial charge in [0, 0.05) is 16.9 Å². The van der Waals surface area contributed by atoms with Crippen LogP contribution in [0.2, 0.25) is 0 Å². The molecular weight excluding hydrogens is 370 g/mol. The molecule has 0 aromatic heterocycles. The third kappa shape index (κ3) is 7.74. The fraction of sp³-hybridized carbons (Fsp3) is 0.500. The number of carbonyl (C=O) groups is 1. The Bertz CT molecular complexity index is 508. The minimum absolute atomic E-state index is 0.0438. The van der Waals surface area contributed by atoms with E-state index in [1.165, 1.54) is 13.0 Å². The summed E-state index contributed by atoms with van der Waals surface area (Å²) in [7, 11) is 0. The standard InChI is InChI=1S/C14H16BrF4NO2/c1-9(7-22-8-14(17,18)19)20-13(21)5-3-10-2-4-11(15)6-12(10)16/h2,4,6,9H,3,5,7-8H2,1H3,(H,20,21). The summed E-state index contributed by atoms with van der Waals surface area (Å²) in [5, 5.41) is 2.50. The van der Waals surface area contributed by atoms with E-state index in [0.717, 1.165) is 0 Å². The summed E-state index contributed by atoms with van der Waals surface area (Å²) in [5.74, 6) is -0.783. The van der Waals surface area contributed by atoms with Gasteiger partial charge in [0.25, 0.3) is 0 Å². The molecule has 8 heteroatoms. The molecule has 0 saturated heterocycles. The van der Waals surface area contributed by atoms with Crippen LogP contribution in [-0.4, -0.2) is 31.3 Å². The van der Waals surface area contributed by atoms with Gasteiger partial charge in [0.1, 0.15) is 12.4 Å². The minimum Gasteiger partial charge on any atom is -0.370 e. The SMILES string of the molecule is CC(COCC(F)(F)F)NC(=O)CCc1ccc(Br)cc1F. The monoisotopic (exact) mass is 385 g/mol. The van der Waals surface area contributed by atoms with Crippen LogP contribution in [0.3, 0.4) is 0 Å². The zero-order valence-electron chi connectivity index (χ0n) is 11.8. The predicted octanol–water partition coefficient (Wildman–Crippen LogP) is 3.60. The molecule has 0 saturated carbocycles. The zero-order valence-corrected chi connectivity index (χ0v) is 13.4. The number of rotatable bonds is 7. The molecule has 1 rings (SSSR count). The molecule has 0 fully saturated rings. The van der Waals surface area contributed by atoms with Crippen molar-refractivity contribution >= 4 is 21.8 Å². The molecule has 1 amide bonds. The predicted molar refractivity (Wildman–Crippen MR) is 76.9 cm³/mol. The highest BCUT2D eigenvalue weighted by Gasteiger charge is 2.27. The topological polar surface area (TPSA) is 38.3 Å². The normalized spacial score (nSPS) is 13.0. The molecule has 0 heterocycles. The summed E-state index contributed by atoms with van der Waals surface area (Å²) in [4.78, 5) is 11.6. The lowest BCUT2D eigenvalue weighted by Crippen LogP contribution is -2.37. The van der Waals surface area contributed by atoms with Crippen molar-refractivity contribution in [3.63, 3.8) is 0 Å². The van der Waals surface area contributed by atoms with Gasteiger partial charge in [-0.2, -0.15) is 13.2 Å². The Kier molecular flexibility index (Phi) is 7.28. The van der Waals surface area contributed by atoms with E-state index >= 15 is 0 Å². The molecule has 1 unspecified atom stereocenters. The smallest absolute Gasteiger partial charge is 0.370 e. The van der Waals surface area contributed by atoms with Gasteiger partial charge in [-0.3, -0.25) is 4.79 Å². The number of carbonyl (C=O) groups excluding carboxylic acids is 1. The number of aryl methyl sites for hydroxylation is 1. The van der Waals surface area contributed by atoms with Crippen LogP contribution in [0.15, 0.2) is 22.7 Å². The minimum atomic E-state index is -4.39. The first-order valence-electron chi connectivity index (χ1n) is 6.55. The van der Waals surface area contributed by atoms with E-state index in [0.29, 0.717) is 10.0 Å². The van der Waals surface area contributed by atoms with Crippen molar-refractivity contribution in [2.75, 3.05) is 13.2 Å². The summed E-state index contributed by atoms with van der Waals surface area (Å²) in [5.41, 5.74) is 0.402. The summed E-state index contributed by atoms with van der Waals surface area (Å²) < 4.78 is 54.3. The average molecular weight is 386 g/mol. The molecule has 1 aromatic carbocycles. The van der Waals surface area contributed by atoms with Gasteiger partial charge in [0.05, 0.1) is 6.61 Å². The Balaban J connectivity index is 2.30. The van der Waals surface area contributed by atoms with Crippen molar-refractivity contribution in [2.45, 2.75) is 32.0 Å². The Morgan fingerprint density at radius 3 is 2.68 bits per heavy atom. The number of alkyl halides is 3. The summed E-state index contributed by atoms with van der Waals surface area (Å²) in [6.07, 6.45) is -4.13. The van der Waals surface area contributed by atoms with Gasteiger partial charge in [-0.25, -0.2) is 4.39 Å². The van der Waals surface area contributed by atoms with E-state index in [1.54, 1.807) is 12.1 Å². The number of ether oxygens (including phenoxy) is 1. The second-order valence-electron chi connectivity index (χ2n) is 4.83. The van der Waals surface area contributed by atoms with Gasteiger partial charge < -0.3 is 10.1 Å². The van der Waals surface area contributed by atoms with E-state index in [9.17, 15) is 22.4 Å². The molecule has 0 aliphatic carbocycles. The van der Waals surface area contributed by atoms with Crippen molar-refractivity contribution in [3.05, 3.63) is 34.1 Å². The van der Waals surface area contributed by atoms with Gasteiger partial charge in [-0.1, -0.05) is 22.0 Å². The number of halogens is 5. The number of benzene rings is 1. The fourth-order valence-electron chi connectivity index (χ4n) is 1.71. The van der Waals surface area contributed by atoms with Gasteiger partial charge in [0.2, 0.25) is 5.91 Å². The van der Waals surface area contributed by atoms with Crippen LogP contribution in [0.5, 0.6) is 0 Å². The summed E-state index contributed by atoms with van der Waals surface area (Å²) >= 11 is 3.13. The Labute approximate surface area is 134 Å². The molecule has 3 nitrogen and oxygen atoms in total. The molecule has 22 heavy (non-hydrogen) atoms. The average Bonchev–Trinajstić information content (AvgIpc) is 2.36. The van der Waals surface area contributed by atoms with Crippen molar-refractivity contribution in [1.82, 2.24) is 5.32 Å². The van der Waals surface area contributed by atoms with Crippen molar-refractivity contribution < 1.29 is 27.1 Å². The van der Waals surface area contributed by atoms with Gasteiger partial charge >= 0.3 is 6.18 Å². The van der Waals surface area contributed by atoms with Crippen LogP contribution in [-0.2, 0) is 16.0 Å². The number of amides is 1.